The molecule has 0 aromatic heterocycles. The van der Waals surface area contributed by atoms with Crippen LogP contribution in [0.2, 0.25) is 0 Å². The minimum atomic E-state index is -3.50. The first-order valence-electron chi connectivity index (χ1n) is 10.5. The highest BCUT2D eigenvalue weighted by Gasteiger charge is 2.25. The molecule has 2 aromatic carbocycles. The minimum absolute atomic E-state index is 0.132. The van der Waals surface area contributed by atoms with E-state index in [1.165, 1.54) is 12.1 Å². The van der Waals surface area contributed by atoms with Gasteiger partial charge in [0.15, 0.2) is 0 Å². The van der Waals surface area contributed by atoms with E-state index < -0.39 is 16.1 Å². The van der Waals surface area contributed by atoms with E-state index in [9.17, 15) is 18.0 Å². The fourth-order valence-electron chi connectivity index (χ4n) is 3.19. The first-order chi connectivity index (χ1) is 14.8. The van der Waals surface area contributed by atoms with Crippen LogP contribution in [0.1, 0.15) is 38.3 Å². The summed E-state index contributed by atoms with van der Waals surface area (Å²) in [5.74, 6) is -0.322. The number of sulfonamides is 1. The number of carbonyl (C=O) groups excluding carboxylic acids is 2. The van der Waals surface area contributed by atoms with E-state index in [0.29, 0.717) is 26.1 Å². The average Bonchev–Trinajstić information content (AvgIpc) is 2.76. The molecule has 0 aliphatic rings. The molecule has 0 spiro atoms. The predicted octanol–water partition coefficient (Wildman–Crippen LogP) is 2.47. The molecule has 0 aliphatic heterocycles. The van der Waals surface area contributed by atoms with Crippen molar-refractivity contribution in [1.82, 2.24) is 14.9 Å². The van der Waals surface area contributed by atoms with Crippen molar-refractivity contribution in [3.63, 3.8) is 0 Å². The summed E-state index contributed by atoms with van der Waals surface area (Å²) in [6.45, 7) is 6.46. The number of benzene rings is 2. The van der Waals surface area contributed by atoms with Gasteiger partial charge in [0.2, 0.25) is 21.8 Å². The van der Waals surface area contributed by atoms with Gasteiger partial charge in [0, 0.05) is 26.1 Å². The molecule has 8 heteroatoms. The minimum Gasteiger partial charge on any atom is -0.355 e. The van der Waals surface area contributed by atoms with Gasteiger partial charge in [-0.15, -0.1) is 0 Å². The molecule has 0 bridgehead atoms. The molecule has 7 nitrogen and oxygen atoms in total. The van der Waals surface area contributed by atoms with Crippen molar-refractivity contribution in [3.05, 3.63) is 65.7 Å². The number of nitrogens with one attached hydrogen (secondary N) is 2. The number of rotatable bonds is 11. The second-order valence-corrected chi connectivity index (χ2v) is 8.99. The van der Waals surface area contributed by atoms with Gasteiger partial charge < -0.3 is 10.2 Å². The highest BCUT2D eigenvalue weighted by Crippen LogP contribution is 2.15. The molecule has 0 fully saturated rings. The maximum Gasteiger partial charge on any atom is 0.242 e. The molecule has 0 saturated carbocycles. The molecule has 0 unspecified atom stereocenters. The number of nitrogens with zero attached hydrogens (tertiary/aromatic N) is 1. The highest BCUT2D eigenvalue weighted by molar-refractivity contribution is 7.89. The molecule has 1 atom stereocenters. The van der Waals surface area contributed by atoms with Crippen molar-refractivity contribution in [2.45, 2.75) is 51.1 Å². The van der Waals surface area contributed by atoms with Crippen molar-refractivity contribution in [1.29, 1.82) is 0 Å². The molecule has 0 saturated heterocycles. The van der Waals surface area contributed by atoms with E-state index >= 15 is 0 Å². The van der Waals surface area contributed by atoms with Crippen LogP contribution in [-0.2, 0) is 32.6 Å². The third kappa shape index (κ3) is 7.18. The van der Waals surface area contributed by atoms with Gasteiger partial charge in [0.25, 0.3) is 0 Å². The van der Waals surface area contributed by atoms with Crippen LogP contribution in [-0.4, -0.2) is 44.3 Å². The molecule has 0 heterocycles. The van der Waals surface area contributed by atoms with Crippen LogP contribution in [0.3, 0.4) is 0 Å². The number of carbonyl (C=O) groups is 2. The molecule has 0 aliphatic carbocycles. The molecule has 31 heavy (non-hydrogen) atoms. The third-order valence-corrected chi connectivity index (χ3v) is 6.47. The summed E-state index contributed by atoms with van der Waals surface area (Å²) < 4.78 is 26.6. The van der Waals surface area contributed by atoms with Crippen molar-refractivity contribution in [2.75, 3.05) is 13.1 Å². The lowest BCUT2D eigenvalue weighted by molar-refractivity contribution is -0.140. The van der Waals surface area contributed by atoms with Gasteiger partial charge in [-0.25, -0.2) is 13.1 Å². The van der Waals surface area contributed by atoms with Gasteiger partial charge in [-0.1, -0.05) is 49.4 Å². The normalized spacial score (nSPS) is 12.2. The second kappa shape index (κ2) is 11.6. The molecule has 168 valence electrons. The first kappa shape index (κ1) is 24.6. The van der Waals surface area contributed by atoms with E-state index in [1.54, 1.807) is 30.9 Å². The number of amides is 2. The predicted molar refractivity (Wildman–Crippen MR) is 121 cm³/mol. The van der Waals surface area contributed by atoms with E-state index in [4.69, 9.17) is 0 Å². The number of hydrogen-bond acceptors (Lipinski definition) is 4. The molecule has 2 N–H and O–H groups in total. The van der Waals surface area contributed by atoms with E-state index in [2.05, 4.69) is 10.0 Å². The molecule has 2 rings (SSSR count). The van der Waals surface area contributed by atoms with Gasteiger partial charge in [0.1, 0.15) is 6.04 Å². The fourth-order valence-corrected chi connectivity index (χ4v) is 4.23. The Kier molecular flexibility index (Phi) is 9.21. The maximum absolute atomic E-state index is 13.0. The lowest BCUT2D eigenvalue weighted by Gasteiger charge is -2.28. The van der Waals surface area contributed by atoms with Crippen molar-refractivity contribution >= 4 is 21.8 Å². The summed E-state index contributed by atoms with van der Waals surface area (Å²) in [5.41, 5.74) is 1.80. The largest absolute Gasteiger partial charge is 0.355 e. The Balaban J connectivity index is 2.09. The van der Waals surface area contributed by atoms with E-state index in [0.717, 1.165) is 11.1 Å². The molecular weight excluding hydrogens is 414 g/mol. The van der Waals surface area contributed by atoms with Crippen molar-refractivity contribution in [2.24, 2.45) is 0 Å². The first-order valence-corrected chi connectivity index (χ1v) is 12.0. The van der Waals surface area contributed by atoms with Crippen LogP contribution in [0.25, 0.3) is 0 Å². The molecular formula is C23H31N3O4S. The Morgan fingerprint density at radius 1 is 0.935 bits per heavy atom. The van der Waals surface area contributed by atoms with Crippen LogP contribution < -0.4 is 10.0 Å². The Bertz CT molecular complexity index is 960. The SMILES string of the molecule is CCNC(=O)[C@@H](C)N(Cc1ccccc1)C(=O)CCc1ccc(S(=O)(=O)NCC)cc1. The van der Waals surface area contributed by atoms with Gasteiger partial charge >= 0.3 is 0 Å². The van der Waals surface area contributed by atoms with E-state index in [-0.39, 0.29) is 23.1 Å². The zero-order valence-electron chi connectivity index (χ0n) is 18.3. The smallest absolute Gasteiger partial charge is 0.242 e. The average molecular weight is 446 g/mol. The van der Waals surface area contributed by atoms with Gasteiger partial charge in [-0.05, 0) is 43.5 Å². The lowest BCUT2D eigenvalue weighted by Crippen LogP contribution is -2.47. The zero-order valence-corrected chi connectivity index (χ0v) is 19.1. The summed E-state index contributed by atoms with van der Waals surface area (Å²) in [7, 11) is -3.50. The molecule has 2 aromatic rings. The van der Waals surface area contributed by atoms with Crippen molar-refractivity contribution < 1.29 is 18.0 Å². The number of hydrogen-bond donors (Lipinski definition) is 2. The summed E-state index contributed by atoms with van der Waals surface area (Å²) in [6, 6.07) is 15.5. The maximum atomic E-state index is 13.0. The summed E-state index contributed by atoms with van der Waals surface area (Å²) in [6.07, 6.45) is 0.670. The van der Waals surface area contributed by atoms with Crippen LogP contribution in [0.5, 0.6) is 0 Å². The molecule has 2 amide bonds. The summed E-state index contributed by atoms with van der Waals surface area (Å²) >= 11 is 0. The van der Waals surface area contributed by atoms with Crippen LogP contribution in [0.15, 0.2) is 59.5 Å². The van der Waals surface area contributed by atoms with Crippen LogP contribution in [0, 0.1) is 0 Å². The monoisotopic (exact) mass is 445 g/mol. The topological polar surface area (TPSA) is 95.6 Å². The fraction of sp³-hybridized carbons (Fsp3) is 0.391. The van der Waals surface area contributed by atoms with Crippen LogP contribution >= 0.6 is 0 Å². The quantitative estimate of drug-likeness (QED) is 0.555. The van der Waals surface area contributed by atoms with Gasteiger partial charge in [0.05, 0.1) is 4.90 Å². The lowest BCUT2D eigenvalue weighted by atomic mass is 10.1. The third-order valence-electron chi connectivity index (χ3n) is 4.91. The Labute approximate surface area is 184 Å². The summed E-state index contributed by atoms with van der Waals surface area (Å²) in [5, 5.41) is 2.78. The Morgan fingerprint density at radius 2 is 1.58 bits per heavy atom. The van der Waals surface area contributed by atoms with Crippen molar-refractivity contribution in [3.8, 4) is 0 Å². The van der Waals surface area contributed by atoms with E-state index in [1.807, 2.05) is 37.3 Å². The molecule has 0 radical (unpaired) electrons. The zero-order chi connectivity index (χ0) is 22.9. The Morgan fingerprint density at radius 3 is 2.16 bits per heavy atom. The number of likely N-dealkylation sites (N-methyl/N-ethyl adjacent to an activating group) is 1. The standard InChI is InChI=1S/C23H31N3O4S/c1-4-24-23(28)18(3)26(17-20-9-7-6-8-10-20)22(27)16-13-19-11-14-21(15-12-19)31(29,30)25-5-2/h6-12,14-15,18,25H,4-5,13,16-17H2,1-3H3,(H,24,28)/t18-/m1/s1. The number of aryl methyl sites for hydroxylation is 1. The van der Waals surface area contributed by atoms with Gasteiger partial charge in [-0.3, -0.25) is 9.59 Å². The summed E-state index contributed by atoms with van der Waals surface area (Å²) in [4.78, 5) is 27.2. The van der Waals surface area contributed by atoms with Crippen LogP contribution in [0.4, 0.5) is 0 Å². The Hall–Kier alpha value is -2.71. The van der Waals surface area contributed by atoms with Gasteiger partial charge in [-0.2, -0.15) is 0 Å². The second-order valence-electron chi connectivity index (χ2n) is 7.22. The highest BCUT2D eigenvalue weighted by atomic mass is 32.2.